The van der Waals surface area contributed by atoms with Crippen molar-refractivity contribution in [2.75, 3.05) is 5.32 Å². The van der Waals surface area contributed by atoms with E-state index in [-0.39, 0.29) is 11.5 Å². The molecule has 0 aliphatic rings. The van der Waals surface area contributed by atoms with Gasteiger partial charge in [0.15, 0.2) is 5.11 Å². The fraction of sp³-hybridized carbons (Fsp3) is 0.350. The summed E-state index contributed by atoms with van der Waals surface area (Å²) in [5, 5.41) is 7.33. The SMILES string of the molecule is Cc1cccc(NC(=S)N[C@H](C)CC(C)(C)c2ccccc2)c1. The molecule has 0 saturated carbocycles. The van der Waals surface area contributed by atoms with E-state index in [4.69, 9.17) is 12.2 Å². The quantitative estimate of drug-likeness (QED) is 0.753. The lowest BCUT2D eigenvalue weighted by atomic mass is 9.79. The first-order valence-corrected chi connectivity index (χ1v) is 8.47. The highest BCUT2D eigenvalue weighted by molar-refractivity contribution is 7.80. The van der Waals surface area contributed by atoms with Crippen LogP contribution >= 0.6 is 12.2 Å². The van der Waals surface area contributed by atoms with Crippen LogP contribution in [0.2, 0.25) is 0 Å². The highest BCUT2D eigenvalue weighted by Crippen LogP contribution is 2.28. The number of hydrogen-bond acceptors (Lipinski definition) is 1. The lowest BCUT2D eigenvalue weighted by Gasteiger charge is -2.29. The van der Waals surface area contributed by atoms with Crippen LogP contribution in [0.3, 0.4) is 0 Å². The predicted octanol–water partition coefficient (Wildman–Crippen LogP) is 5.04. The molecule has 0 aromatic heterocycles. The average molecular weight is 327 g/mol. The average Bonchev–Trinajstić information content (AvgIpc) is 2.47. The van der Waals surface area contributed by atoms with Crippen LogP contribution in [0.5, 0.6) is 0 Å². The number of hydrogen-bond donors (Lipinski definition) is 2. The topological polar surface area (TPSA) is 24.1 Å². The Hall–Kier alpha value is -1.87. The number of benzene rings is 2. The molecule has 0 aliphatic carbocycles. The minimum atomic E-state index is 0.104. The summed E-state index contributed by atoms with van der Waals surface area (Å²) in [4.78, 5) is 0. The second-order valence-corrected chi connectivity index (χ2v) is 7.23. The Morgan fingerprint density at radius 3 is 2.43 bits per heavy atom. The van der Waals surface area contributed by atoms with Crippen LogP contribution in [-0.2, 0) is 5.41 Å². The summed E-state index contributed by atoms with van der Waals surface area (Å²) >= 11 is 5.44. The molecule has 0 bridgehead atoms. The maximum absolute atomic E-state index is 5.44. The van der Waals surface area contributed by atoms with Gasteiger partial charge in [0, 0.05) is 11.7 Å². The summed E-state index contributed by atoms with van der Waals surface area (Å²) in [5.41, 5.74) is 3.70. The van der Waals surface area contributed by atoms with Gasteiger partial charge < -0.3 is 10.6 Å². The van der Waals surface area contributed by atoms with E-state index in [1.807, 2.05) is 12.1 Å². The van der Waals surface area contributed by atoms with Crippen LogP contribution in [0.25, 0.3) is 0 Å². The van der Waals surface area contributed by atoms with Gasteiger partial charge in [-0.15, -0.1) is 0 Å². The highest BCUT2D eigenvalue weighted by Gasteiger charge is 2.23. The van der Waals surface area contributed by atoms with Crippen LogP contribution in [0, 0.1) is 6.92 Å². The Bertz CT molecular complexity index is 650. The zero-order chi connectivity index (χ0) is 16.9. The summed E-state index contributed by atoms with van der Waals surface area (Å²) in [6.07, 6.45) is 1.01. The molecule has 3 heteroatoms. The minimum absolute atomic E-state index is 0.104. The summed E-state index contributed by atoms with van der Waals surface area (Å²) in [7, 11) is 0. The van der Waals surface area contributed by atoms with Crippen molar-refractivity contribution >= 4 is 23.0 Å². The van der Waals surface area contributed by atoms with Crippen LogP contribution in [0.1, 0.15) is 38.3 Å². The molecule has 0 radical (unpaired) electrons. The molecule has 0 spiro atoms. The number of anilines is 1. The maximum atomic E-state index is 5.44. The van der Waals surface area contributed by atoms with Crippen molar-refractivity contribution in [3.05, 3.63) is 65.7 Å². The largest absolute Gasteiger partial charge is 0.360 e. The molecule has 122 valence electrons. The van der Waals surface area contributed by atoms with Gasteiger partial charge in [-0.3, -0.25) is 0 Å². The van der Waals surface area contributed by atoms with E-state index >= 15 is 0 Å². The van der Waals surface area contributed by atoms with E-state index in [0.29, 0.717) is 5.11 Å². The third-order valence-electron chi connectivity index (χ3n) is 4.03. The maximum Gasteiger partial charge on any atom is 0.170 e. The molecule has 2 N–H and O–H groups in total. The molecule has 0 saturated heterocycles. The fourth-order valence-electron chi connectivity index (χ4n) is 2.94. The Morgan fingerprint density at radius 1 is 1.09 bits per heavy atom. The molecule has 0 heterocycles. The molecule has 2 nitrogen and oxygen atoms in total. The zero-order valence-corrected chi connectivity index (χ0v) is 15.2. The standard InChI is InChI=1S/C20H26N2S/c1-15-9-8-12-18(13-15)22-19(23)21-16(2)14-20(3,4)17-10-6-5-7-11-17/h5-13,16H,14H2,1-4H3,(H2,21,22,23)/t16-/m1/s1. The van der Waals surface area contributed by atoms with Gasteiger partial charge in [0.2, 0.25) is 0 Å². The normalized spacial score (nSPS) is 12.5. The molecule has 1 atom stereocenters. The van der Waals surface area contributed by atoms with Gasteiger partial charge >= 0.3 is 0 Å². The summed E-state index contributed by atoms with van der Waals surface area (Å²) in [6.45, 7) is 8.80. The monoisotopic (exact) mass is 326 g/mol. The summed E-state index contributed by atoms with van der Waals surface area (Å²) in [5.74, 6) is 0. The number of nitrogens with one attached hydrogen (secondary N) is 2. The van der Waals surface area contributed by atoms with Gasteiger partial charge in [0.1, 0.15) is 0 Å². The third-order valence-corrected chi connectivity index (χ3v) is 4.25. The van der Waals surface area contributed by atoms with E-state index in [1.54, 1.807) is 0 Å². The van der Waals surface area contributed by atoms with Crippen LogP contribution < -0.4 is 10.6 Å². The van der Waals surface area contributed by atoms with Gasteiger partial charge in [-0.25, -0.2) is 0 Å². The third kappa shape index (κ3) is 5.36. The lowest BCUT2D eigenvalue weighted by Crippen LogP contribution is -2.39. The van der Waals surface area contributed by atoms with E-state index in [9.17, 15) is 0 Å². The van der Waals surface area contributed by atoms with Crippen molar-refractivity contribution in [3.8, 4) is 0 Å². The smallest absolute Gasteiger partial charge is 0.170 e. The van der Waals surface area contributed by atoms with Crippen molar-refractivity contribution in [2.45, 2.75) is 45.6 Å². The van der Waals surface area contributed by atoms with Crippen molar-refractivity contribution in [1.29, 1.82) is 0 Å². The van der Waals surface area contributed by atoms with Crippen molar-refractivity contribution in [1.82, 2.24) is 5.32 Å². The first kappa shape index (κ1) is 17.5. The van der Waals surface area contributed by atoms with Gasteiger partial charge in [0.25, 0.3) is 0 Å². The molecule has 2 aromatic carbocycles. The molecule has 23 heavy (non-hydrogen) atoms. The van der Waals surface area contributed by atoms with Crippen molar-refractivity contribution in [2.24, 2.45) is 0 Å². The van der Waals surface area contributed by atoms with Gasteiger partial charge in [0.05, 0.1) is 0 Å². The fourth-order valence-corrected chi connectivity index (χ4v) is 3.26. The molecule has 0 unspecified atom stereocenters. The highest BCUT2D eigenvalue weighted by atomic mass is 32.1. The summed E-state index contributed by atoms with van der Waals surface area (Å²) < 4.78 is 0. The predicted molar refractivity (Wildman–Crippen MR) is 104 cm³/mol. The number of thiocarbonyl (C=S) groups is 1. The lowest BCUT2D eigenvalue weighted by molar-refractivity contribution is 0.420. The van der Waals surface area contributed by atoms with Gasteiger partial charge in [-0.1, -0.05) is 56.3 Å². The van der Waals surface area contributed by atoms with Crippen LogP contribution in [0.4, 0.5) is 5.69 Å². The van der Waals surface area contributed by atoms with E-state index in [1.165, 1.54) is 11.1 Å². The van der Waals surface area contributed by atoms with E-state index < -0.39 is 0 Å². The van der Waals surface area contributed by atoms with Crippen molar-refractivity contribution in [3.63, 3.8) is 0 Å². The van der Waals surface area contributed by atoms with Gasteiger partial charge in [-0.2, -0.15) is 0 Å². The number of rotatable bonds is 5. The molecular formula is C20H26N2S. The number of aryl methyl sites for hydroxylation is 1. The first-order valence-electron chi connectivity index (χ1n) is 8.06. The molecule has 0 aliphatic heterocycles. The Balaban J connectivity index is 1.91. The van der Waals surface area contributed by atoms with Gasteiger partial charge in [-0.05, 0) is 61.2 Å². The first-order chi connectivity index (χ1) is 10.9. The van der Waals surface area contributed by atoms with E-state index in [2.05, 4.69) is 80.8 Å². The van der Waals surface area contributed by atoms with Crippen molar-refractivity contribution < 1.29 is 0 Å². The Kier molecular flexibility index (Phi) is 5.78. The van der Waals surface area contributed by atoms with E-state index in [0.717, 1.165) is 12.1 Å². The van der Waals surface area contributed by atoms with Crippen LogP contribution in [0.15, 0.2) is 54.6 Å². The molecule has 2 aromatic rings. The molecule has 0 fully saturated rings. The zero-order valence-electron chi connectivity index (χ0n) is 14.4. The molecule has 0 amide bonds. The summed E-state index contributed by atoms with van der Waals surface area (Å²) in [6, 6.07) is 19.1. The van der Waals surface area contributed by atoms with Crippen LogP contribution in [-0.4, -0.2) is 11.2 Å². The molecular weight excluding hydrogens is 300 g/mol. The second-order valence-electron chi connectivity index (χ2n) is 6.82. The minimum Gasteiger partial charge on any atom is -0.360 e. The Morgan fingerprint density at radius 2 is 1.78 bits per heavy atom. The molecule has 2 rings (SSSR count). The second kappa shape index (κ2) is 7.60. The Labute approximate surface area is 145 Å².